The van der Waals surface area contributed by atoms with Crippen LogP contribution in [0.3, 0.4) is 0 Å². The number of nitrogens with one attached hydrogen (secondary N) is 3. The molecule has 9 nitrogen and oxygen atoms in total. The van der Waals surface area contributed by atoms with Crippen LogP contribution in [-0.4, -0.2) is 55.6 Å². The van der Waals surface area contributed by atoms with Crippen LogP contribution in [0.4, 0.5) is 4.79 Å². The van der Waals surface area contributed by atoms with E-state index < -0.39 is 24.0 Å². The molecule has 4 rings (SSSR count). The van der Waals surface area contributed by atoms with E-state index in [4.69, 9.17) is 32.7 Å². The molecule has 0 spiro atoms. The topological polar surface area (TPSA) is 109 Å². The lowest BCUT2D eigenvalue weighted by atomic mass is 9.92. The molecule has 2 atom stereocenters. The molecule has 0 aromatic heterocycles. The van der Waals surface area contributed by atoms with Gasteiger partial charge in [0.05, 0.1) is 30.9 Å². The number of benzene rings is 3. The maximum Gasteiger partial charge on any atom is 0.318 e. The van der Waals surface area contributed by atoms with E-state index in [2.05, 4.69) is 16.0 Å². The Morgan fingerprint density at radius 2 is 1.49 bits per heavy atom. The molecular weight excluding hydrogens is 567 g/mol. The first-order valence-electron chi connectivity index (χ1n) is 13.1. The van der Waals surface area contributed by atoms with Crippen LogP contribution in [0.2, 0.25) is 10.0 Å². The highest BCUT2D eigenvalue weighted by atomic mass is 35.5. The molecule has 41 heavy (non-hydrogen) atoms. The molecule has 216 valence electrons. The summed E-state index contributed by atoms with van der Waals surface area (Å²) in [5, 5.41) is 9.90. The SMILES string of the molecule is COc1ccc(C(=O)NC(c2ccc(Cl)cc2)C(NC(=O)N2CCNC(=O)C2)c2ccc(Cl)cc2)c(OC(C)C)c1. The average molecular weight is 600 g/mol. The second-order valence-electron chi connectivity index (χ2n) is 9.78. The van der Waals surface area contributed by atoms with Gasteiger partial charge in [0.25, 0.3) is 5.91 Å². The minimum atomic E-state index is -0.752. The Hall–Kier alpha value is -3.95. The van der Waals surface area contributed by atoms with Crippen molar-refractivity contribution < 1.29 is 23.9 Å². The summed E-state index contributed by atoms with van der Waals surface area (Å²) < 4.78 is 11.3. The first kappa shape index (κ1) is 30.0. The van der Waals surface area contributed by atoms with Gasteiger partial charge in [-0.05, 0) is 61.4 Å². The number of nitrogens with zero attached hydrogens (tertiary/aromatic N) is 1. The Balaban J connectivity index is 1.75. The van der Waals surface area contributed by atoms with Crippen LogP contribution in [0.15, 0.2) is 66.7 Å². The zero-order valence-corrected chi connectivity index (χ0v) is 24.5. The Morgan fingerprint density at radius 3 is 2.02 bits per heavy atom. The van der Waals surface area contributed by atoms with E-state index in [9.17, 15) is 14.4 Å². The van der Waals surface area contributed by atoms with E-state index in [-0.39, 0.29) is 18.6 Å². The van der Waals surface area contributed by atoms with Gasteiger partial charge in [0.1, 0.15) is 18.0 Å². The molecule has 0 radical (unpaired) electrons. The van der Waals surface area contributed by atoms with Crippen LogP contribution in [-0.2, 0) is 4.79 Å². The number of hydrogen-bond acceptors (Lipinski definition) is 5. The van der Waals surface area contributed by atoms with Gasteiger partial charge in [-0.2, -0.15) is 0 Å². The molecule has 1 aliphatic rings. The van der Waals surface area contributed by atoms with E-state index in [0.29, 0.717) is 51.3 Å². The van der Waals surface area contributed by atoms with Crippen molar-refractivity contribution in [3.8, 4) is 11.5 Å². The quantitative estimate of drug-likeness (QED) is 0.316. The minimum Gasteiger partial charge on any atom is -0.497 e. The van der Waals surface area contributed by atoms with Gasteiger partial charge in [0.2, 0.25) is 5.91 Å². The summed E-state index contributed by atoms with van der Waals surface area (Å²) in [7, 11) is 1.54. The number of urea groups is 1. The second-order valence-corrected chi connectivity index (χ2v) is 10.7. The standard InChI is InChI=1S/C30H32Cl2N4O5/c1-18(2)41-25-16-23(40-3)12-13-24(25)29(38)34-27(19-4-8-21(31)9-5-19)28(20-6-10-22(32)11-7-20)35-30(39)36-15-14-33-26(37)17-36/h4-13,16,18,27-28H,14-15,17H2,1-3H3,(H,33,37)(H,34,38)(H,35,39). The van der Waals surface area contributed by atoms with Gasteiger partial charge in [0, 0.05) is 29.2 Å². The summed E-state index contributed by atoms with van der Waals surface area (Å²) >= 11 is 12.4. The Morgan fingerprint density at radius 1 is 0.902 bits per heavy atom. The first-order valence-corrected chi connectivity index (χ1v) is 13.9. The fourth-order valence-electron chi connectivity index (χ4n) is 4.48. The predicted molar refractivity (Wildman–Crippen MR) is 158 cm³/mol. The third-order valence-electron chi connectivity index (χ3n) is 6.48. The number of hydrogen-bond donors (Lipinski definition) is 3. The number of carbonyl (C=O) groups excluding carboxylic acids is 3. The largest absolute Gasteiger partial charge is 0.497 e. The van der Waals surface area contributed by atoms with E-state index >= 15 is 0 Å². The molecule has 1 fully saturated rings. The van der Waals surface area contributed by atoms with Crippen LogP contribution in [0.5, 0.6) is 11.5 Å². The molecular formula is C30H32Cl2N4O5. The number of piperazine rings is 1. The van der Waals surface area contributed by atoms with E-state index in [0.717, 1.165) is 0 Å². The highest BCUT2D eigenvalue weighted by Crippen LogP contribution is 2.33. The van der Waals surface area contributed by atoms with Gasteiger partial charge in [-0.15, -0.1) is 0 Å². The fraction of sp³-hybridized carbons (Fsp3) is 0.300. The number of halogens is 2. The Bertz CT molecular complexity index is 1380. The van der Waals surface area contributed by atoms with Gasteiger partial charge in [0.15, 0.2) is 0 Å². The van der Waals surface area contributed by atoms with Gasteiger partial charge < -0.3 is 30.3 Å². The lowest BCUT2D eigenvalue weighted by Gasteiger charge is -2.33. The summed E-state index contributed by atoms with van der Waals surface area (Å²) in [6.07, 6.45) is -0.191. The third-order valence-corrected chi connectivity index (χ3v) is 6.98. The number of carbonyl (C=O) groups is 3. The molecule has 11 heteroatoms. The van der Waals surface area contributed by atoms with Crippen molar-refractivity contribution in [1.82, 2.24) is 20.9 Å². The van der Waals surface area contributed by atoms with E-state index in [1.807, 2.05) is 13.8 Å². The number of ether oxygens (including phenoxy) is 2. The monoisotopic (exact) mass is 598 g/mol. The summed E-state index contributed by atoms with van der Waals surface area (Å²) in [5.41, 5.74) is 1.68. The Kier molecular flexibility index (Phi) is 9.96. The van der Waals surface area contributed by atoms with Crippen molar-refractivity contribution in [3.63, 3.8) is 0 Å². The smallest absolute Gasteiger partial charge is 0.318 e. The van der Waals surface area contributed by atoms with Crippen LogP contribution in [0, 0.1) is 0 Å². The minimum absolute atomic E-state index is 0.0705. The summed E-state index contributed by atoms with van der Waals surface area (Å²) in [5.74, 6) is 0.240. The molecule has 1 heterocycles. The summed E-state index contributed by atoms with van der Waals surface area (Å²) in [6.45, 7) is 4.37. The lowest BCUT2D eigenvalue weighted by Crippen LogP contribution is -2.54. The predicted octanol–water partition coefficient (Wildman–Crippen LogP) is 5.14. The third kappa shape index (κ3) is 7.83. The molecule has 0 bridgehead atoms. The number of methoxy groups -OCH3 is 1. The van der Waals surface area contributed by atoms with Gasteiger partial charge in [-0.1, -0.05) is 47.5 Å². The van der Waals surface area contributed by atoms with Crippen molar-refractivity contribution in [1.29, 1.82) is 0 Å². The number of rotatable bonds is 9. The molecule has 1 saturated heterocycles. The van der Waals surface area contributed by atoms with Crippen molar-refractivity contribution in [2.75, 3.05) is 26.7 Å². The first-order chi connectivity index (χ1) is 19.6. The lowest BCUT2D eigenvalue weighted by molar-refractivity contribution is -0.123. The van der Waals surface area contributed by atoms with Gasteiger partial charge in [-0.3, -0.25) is 9.59 Å². The van der Waals surface area contributed by atoms with Crippen LogP contribution in [0.25, 0.3) is 0 Å². The zero-order chi connectivity index (χ0) is 29.5. The van der Waals surface area contributed by atoms with Crippen LogP contribution in [0.1, 0.15) is 47.4 Å². The Labute approximate surface area is 249 Å². The summed E-state index contributed by atoms with van der Waals surface area (Å²) in [6, 6.07) is 17.0. The fourth-order valence-corrected chi connectivity index (χ4v) is 4.73. The molecule has 1 aliphatic heterocycles. The van der Waals surface area contributed by atoms with Crippen LogP contribution >= 0.6 is 23.2 Å². The maximum absolute atomic E-state index is 13.9. The molecule has 3 N–H and O–H groups in total. The van der Waals surface area contributed by atoms with Crippen molar-refractivity contribution in [2.24, 2.45) is 0 Å². The molecule has 3 aromatic rings. The molecule has 3 aromatic carbocycles. The zero-order valence-electron chi connectivity index (χ0n) is 22.9. The van der Waals surface area contributed by atoms with Crippen molar-refractivity contribution >= 4 is 41.0 Å². The highest BCUT2D eigenvalue weighted by molar-refractivity contribution is 6.30. The maximum atomic E-state index is 13.9. The molecule has 2 unspecified atom stereocenters. The summed E-state index contributed by atoms with van der Waals surface area (Å²) in [4.78, 5) is 40.7. The molecule has 0 saturated carbocycles. The van der Waals surface area contributed by atoms with E-state index in [1.54, 1.807) is 66.7 Å². The van der Waals surface area contributed by atoms with Crippen molar-refractivity contribution in [2.45, 2.75) is 32.0 Å². The molecule has 0 aliphatic carbocycles. The number of amides is 4. The average Bonchev–Trinajstić information content (AvgIpc) is 2.95. The van der Waals surface area contributed by atoms with Gasteiger partial charge >= 0.3 is 6.03 Å². The molecule has 4 amide bonds. The van der Waals surface area contributed by atoms with Gasteiger partial charge in [-0.25, -0.2) is 4.79 Å². The van der Waals surface area contributed by atoms with E-state index in [1.165, 1.54) is 12.0 Å². The second kappa shape index (κ2) is 13.6. The highest BCUT2D eigenvalue weighted by Gasteiger charge is 2.32. The van der Waals surface area contributed by atoms with Crippen LogP contribution < -0.4 is 25.4 Å². The normalized spacial score (nSPS) is 14.6. The van der Waals surface area contributed by atoms with Crippen molar-refractivity contribution in [3.05, 3.63) is 93.5 Å².